The van der Waals surface area contributed by atoms with Gasteiger partial charge in [0.05, 0.1) is 7.11 Å². The molecule has 0 amide bonds. The summed E-state index contributed by atoms with van der Waals surface area (Å²) in [5, 5.41) is 6.89. The number of sulfonamides is 1. The lowest BCUT2D eigenvalue weighted by Crippen LogP contribution is -2.24. The number of methoxy groups -OCH3 is 1. The van der Waals surface area contributed by atoms with Gasteiger partial charge in [-0.1, -0.05) is 24.3 Å². The van der Waals surface area contributed by atoms with E-state index in [1.54, 1.807) is 12.1 Å². The fraction of sp³-hybridized carbons (Fsp3) is 0.350. The minimum atomic E-state index is -3.66. The number of nitrogens with zero attached hydrogens (tertiary/aromatic N) is 1. The first kappa shape index (κ1) is 23.6. The molecule has 0 fully saturated rings. The highest BCUT2D eigenvalue weighted by molar-refractivity contribution is 7.89. The Morgan fingerprint density at radius 1 is 1.11 bits per heavy atom. The van der Waals surface area contributed by atoms with Crippen LogP contribution in [-0.4, -0.2) is 46.1 Å². The van der Waals surface area contributed by atoms with Crippen molar-refractivity contribution >= 4 is 16.5 Å². The number of carbonyl (C=O) groups is 1. The Bertz CT molecular complexity index is 895. The van der Waals surface area contributed by atoms with E-state index >= 15 is 0 Å². The molecule has 0 saturated heterocycles. The molecule has 0 aromatic heterocycles. The van der Waals surface area contributed by atoms with E-state index in [4.69, 9.17) is 14.6 Å². The first-order chi connectivity index (χ1) is 13.1. The topological polar surface area (TPSA) is 95.9 Å². The average molecular weight is 409 g/mol. The minimum Gasteiger partial charge on any atom is -0.495 e. The average Bonchev–Trinajstić information content (AvgIpc) is 2.62. The van der Waals surface area contributed by atoms with Gasteiger partial charge in [-0.05, 0) is 62.3 Å². The minimum absolute atomic E-state index is 0.169. The van der Waals surface area contributed by atoms with E-state index in [0.29, 0.717) is 5.75 Å². The largest absolute Gasteiger partial charge is 0.495 e. The van der Waals surface area contributed by atoms with Crippen LogP contribution in [-0.2, 0) is 27.9 Å². The number of ether oxygens (including phenoxy) is 1. The molecule has 2 N–H and O–H groups in total. The third kappa shape index (κ3) is 6.95. The Hall–Kier alpha value is -2.42. The van der Waals surface area contributed by atoms with E-state index in [0.717, 1.165) is 28.8 Å². The maximum absolute atomic E-state index is 12.7. The molecule has 2 rings (SSSR count). The summed E-state index contributed by atoms with van der Waals surface area (Å²) in [6, 6.07) is 11.3. The summed E-state index contributed by atoms with van der Waals surface area (Å²) in [6.07, 6.45) is 0. The summed E-state index contributed by atoms with van der Waals surface area (Å²) in [6.45, 7) is 4.61. The van der Waals surface area contributed by atoms with Crippen molar-refractivity contribution in [3.63, 3.8) is 0 Å². The van der Waals surface area contributed by atoms with E-state index in [2.05, 4.69) is 9.62 Å². The van der Waals surface area contributed by atoms with Gasteiger partial charge in [-0.3, -0.25) is 4.79 Å². The Labute approximate surface area is 167 Å². The van der Waals surface area contributed by atoms with Gasteiger partial charge in [0.25, 0.3) is 6.47 Å². The third-order valence-corrected chi connectivity index (χ3v) is 5.45. The highest BCUT2D eigenvalue weighted by Crippen LogP contribution is 2.27. The van der Waals surface area contributed by atoms with Crippen molar-refractivity contribution in [2.45, 2.75) is 31.8 Å². The number of carboxylic acid groups (broad SMARTS) is 1. The Morgan fingerprint density at radius 2 is 1.68 bits per heavy atom. The summed E-state index contributed by atoms with van der Waals surface area (Å²) >= 11 is 0. The molecular formula is C20H28N2O5S. The van der Waals surface area contributed by atoms with Gasteiger partial charge in [0, 0.05) is 13.1 Å². The van der Waals surface area contributed by atoms with Gasteiger partial charge in [-0.25, -0.2) is 13.1 Å². The van der Waals surface area contributed by atoms with Crippen molar-refractivity contribution in [1.82, 2.24) is 9.62 Å². The number of hydrogen-bond acceptors (Lipinski definition) is 5. The van der Waals surface area contributed by atoms with E-state index in [-0.39, 0.29) is 17.9 Å². The van der Waals surface area contributed by atoms with Crippen LogP contribution < -0.4 is 9.46 Å². The van der Waals surface area contributed by atoms with Crippen LogP contribution in [0, 0.1) is 13.8 Å². The number of aryl methyl sites for hydroxylation is 2. The van der Waals surface area contributed by atoms with E-state index in [1.165, 1.54) is 7.11 Å². The van der Waals surface area contributed by atoms with Gasteiger partial charge in [0.2, 0.25) is 10.0 Å². The maximum atomic E-state index is 12.7. The fourth-order valence-electron chi connectivity index (χ4n) is 2.59. The number of hydrogen-bond donors (Lipinski definition) is 2. The molecule has 28 heavy (non-hydrogen) atoms. The van der Waals surface area contributed by atoms with Gasteiger partial charge in [0.1, 0.15) is 10.6 Å². The second kappa shape index (κ2) is 10.8. The van der Waals surface area contributed by atoms with Crippen molar-refractivity contribution in [2.75, 3.05) is 21.2 Å². The molecule has 0 saturated carbocycles. The molecule has 2 aromatic rings. The van der Waals surface area contributed by atoms with Crippen LogP contribution in [0.5, 0.6) is 5.75 Å². The van der Waals surface area contributed by atoms with Crippen LogP contribution in [0.3, 0.4) is 0 Å². The fourth-order valence-corrected chi connectivity index (χ4v) is 3.84. The number of nitrogens with one attached hydrogen (secondary N) is 1. The Balaban J connectivity index is 0.00000122. The molecule has 7 nitrogen and oxygen atoms in total. The summed E-state index contributed by atoms with van der Waals surface area (Å²) in [5.41, 5.74) is 3.97. The van der Waals surface area contributed by atoms with Crippen LogP contribution >= 0.6 is 0 Å². The van der Waals surface area contributed by atoms with E-state index in [1.807, 2.05) is 52.2 Å². The zero-order valence-electron chi connectivity index (χ0n) is 16.9. The molecule has 8 heteroatoms. The van der Waals surface area contributed by atoms with Gasteiger partial charge >= 0.3 is 0 Å². The summed E-state index contributed by atoms with van der Waals surface area (Å²) in [7, 11) is 1.82. The van der Waals surface area contributed by atoms with Crippen molar-refractivity contribution in [2.24, 2.45) is 0 Å². The highest BCUT2D eigenvalue weighted by atomic mass is 32.2. The molecule has 154 valence electrons. The summed E-state index contributed by atoms with van der Waals surface area (Å²) in [5.74, 6) is 0.358. The number of rotatable bonds is 7. The first-order valence-corrected chi connectivity index (χ1v) is 10.1. The lowest BCUT2D eigenvalue weighted by Gasteiger charge is -2.14. The van der Waals surface area contributed by atoms with Gasteiger partial charge in [-0.15, -0.1) is 0 Å². The standard InChI is InChI=1S/C19H26N2O3S.CH2O2/c1-14-9-18(24-5)19(10-15(14)2)25(22,23)20-12-16-7-6-8-17(11-16)13-21(3)4;2-1-3/h6-11,20H,12-13H2,1-5H3;1H,(H,2,3). The molecule has 0 heterocycles. The molecular weight excluding hydrogens is 380 g/mol. The van der Waals surface area contributed by atoms with E-state index in [9.17, 15) is 8.42 Å². The zero-order valence-corrected chi connectivity index (χ0v) is 17.7. The highest BCUT2D eigenvalue weighted by Gasteiger charge is 2.20. The molecule has 0 spiro atoms. The quantitative estimate of drug-likeness (QED) is 0.684. The normalized spacial score (nSPS) is 10.9. The molecule has 0 atom stereocenters. The lowest BCUT2D eigenvalue weighted by molar-refractivity contribution is -0.122. The maximum Gasteiger partial charge on any atom is 0.290 e. The van der Waals surface area contributed by atoms with Crippen LogP contribution in [0.1, 0.15) is 22.3 Å². The predicted octanol–water partition coefficient (Wildman–Crippen LogP) is 2.55. The molecule has 0 aliphatic carbocycles. The van der Waals surface area contributed by atoms with Crippen molar-refractivity contribution in [3.05, 3.63) is 58.7 Å². The van der Waals surface area contributed by atoms with Crippen molar-refractivity contribution < 1.29 is 23.1 Å². The zero-order chi connectivity index (χ0) is 21.3. The molecule has 2 aromatic carbocycles. The molecule has 0 radical (unpaired) electrons. The van der Waals surface area contributed by atoms with Crippen LogP contribution in [0.4, 0.5) is 0 Å². The van der Waals surface area contributed by atoms with E-state index < -0.39 is 10.0 Å². The molecule has 0 bridgehead atoms. The monoisotopic (exact) mass is 408 g/mol. The summed E-state index contributed by atoms with van der Waals surface area (Å²) < 4.78 is 33.4. The number of benzene rings is 2. The van der Waals surface area contributed by atoms with Gasteiger partial charge in [-0.2, -0.15) is 0 Å². The van der Waals surface area contributed by atoms with Gasteiger partial charge in [0.15, 0.2) is 0 Å². The van der Waals surface area contributed by atoms with Crippen LogP contribution in [0.15, 0.2) is 41.3 Å². The molecule has 0 aliphatic rings. The first-order valence-electron chi connectivity index (χ1n) is 8.60. The Kier molecular flexibility index (Phi) is 9.11. The SMILES string of the molecule is COc1cc(C)c(C)cc1S(=O)(=O)NCc1cccc(CN(C)C)c1.O=CO. The van der Waals surface area contributed by atoms with Crippen LogP contribution in [0.25, 0.3) is 0 Å². The van der Waals surface area contributed by atoms with Crippen LogP contribution in [0.2, 0.25) is 0 Å². The lowest BCUT2D eigenvalue weighted by atomic mass is 10.1. The Morgan fingerprint density at radius 3 is 2.25 bits per heavy atom. The molecule has 0 unspecified atom stereocenters. The molecule has 0 aliphatic heterocycles. The van der Waals surface area contributed by atoms with Crippen molar-refractivity contribution in [3.8, 4) is 5.75 Å². The predicted molar refractivity (Wildman–Crippen MR) is 109 cm³/mol. The third-order valence-electron chi connectivity index (χ3n) is 4.03. The van der Waals surface area contributed by atoms with Gasteiger partial charge < -0.3 is 14.7 Å². The smallest absolute Gasteiger partial charge is 0.290 e. The second-order valence-corrected chi connectivity index (χ2v) is 8.31. The van der Waals surface area contributed by atoms with Crippen molar-refractivity contribution in [1.29, 1.82) is 0 Å². The summed E-state index contributed by atoms with van der Waals surface area (Å²) in [4.78, 5) is 10.6. The second-order valence-electron chi connectivity index (χ2n) is 6.58.